The monoisotopic (exact) mass is 267 g/mol. The van der Waals surface area contributed by atoms with Crippen LogP contribution in [0.5, 0.6) is 5.75 Å². The van der Waals surface area contributed by atoms with Gasteiger partial charge in [-0.3, -0.25) is 0 Å². The van der Waals surface area contributed by atoms with E-state index in [0.29, 0.717) is 6.61 Å². The number of hydrogen-bond acceptors (Lipinski definition) is 3. The first-order valence-corrected chi connectivity index (χ1v) is 6.66. The third-order valence-corrected chi connectivity index (χ3v) is 3.15. The fourth-order valence-electron chi connectivity index (χ4n) is 2.23. The molecule has 0 atom stereocenters. The van der Waals surface area contributed by atoms with Crippen LogP contribution in [0.3, 0.4) is 0 Å². The molecular weight excluding hydrogens is 250 g/mol. The quantitative estimate of drug-likeness (QED) is 0.772. The first kappa shape index (κ1) is 12.7. The molecule has 0 aliphatic rings. The van der Waals surface area contributed by atoms with Gasteiger partial charge in [0.15, 0.2) is 5.82 Å². The van der Waals surface area contributed by atoms with Crippen LogP contribution in [0.2, 0.25) is 0 Å². The van der Waals surface area contributed by atoms with Crippen LogP contribution < -0.4 is 10.1 Å². The molecule has 20 heavy (non-hydrogen) atoms. The lowest BCUT2D eigenvalue weighted by Crippen LogP contribution is -2.06. The lowest BCUT2D eigenvalue weighted by molar-refractivity contribution is 0.295. The number of rotatable bonds is 5. The molecule has 0 saturated heterocycles. The average Bonchev–Trinajstić information content (AvgIpc) is 2.85. The molecule has 1 aromatic carbocycles. The largest absolute Gasteiger partial charge is 0.486 e. The van der Waals surface area contributed by atoms with Gasteiger partial charge in [0.2, 0.25) is 0 Å². The minimum Gasteiger partial charge on any atom is -0.486 e. The molecule has 0 saturated carbocycles. The van der Waals surface area contributed by atoms with E-state index in [9.17, 15) is 0 Å². The molecule has 3 rings (SSSR count). The van der Waals surface area contributed by atoms with Crippen molar-refractivity contribution in [3.63, 3.8) is 0 Å². The van der Waals surface area contributed by atoms with Gasteiger partial charge in [-0.25, -0.2) is 4.98 Å². The van der Waals surface area contributed by atoms with E-state index in [1.165, 1.54) is 0 Å². The number of benzene rings is 1. The summed E-state index contributed by atoms with van der Waals surface area (Å²) in [6.45, 7) is 1.21. The van der Waals surface area contributed by atoms with Gasteiger partial charge in [0.25, 0.3) is 0 Å². The fraction of sp³-hybridized carbons (Fsp3) is 0.188. The van der Waals surface area contributed by atoms with Crippen molar-refractivity contribution >= 4 is 5.52 Å². The van der Waals surface area contributed by atoms with Crippen molar-refractivity contribution in [1.29, 1.82) is 0 Å². The van der Waals surface area contributed by atoms with Crippen LogP contribution in [0.4, 0.5) is 0 Å². The van der Waals surface area contributed by atoms with Crippen LogP contribution in [0.15, 0.2) is 54.7 Å². The smallest absolute Gasteiger partial charge is 0.151 e. The molecule has 1 N–H and O–H groups in total. The molecule has 3 aromatic rings. The van der Waals surface area contributed by atoms with E-state index in [4.69, 9.17) is 4.74 Å². The first-order chi connectivity index (χ1) is 9.88. The Hall–Kier alpha value is -2.33. The summed E-state index contributed by atoms with van der Waals surface area (Å²) >= 11 is 0. The summed E-state index contributed by atoms with van der Waals surface area (Å²) in [4.78, 5) is 4.67. The zero-order valence-corrected chi connectivity index (χ0v) is 11.4. The molecular formula is C16H17N3O. The van der Waals surface area contributed by atoms with Crippen LogP contribution in [0.1, 0.15) is 11.5 Å². The number of imidazole rings is 1. The number of aromatic nitrogens is 2. The van der Waals surface area contributed by atoms with E-state index in [1.807, 2.05) is 55.7 Å². The number of fused-ring (bicyclic) bond motifs is 1. The van der Waals surface area contributed by atoms with E-state index in [1.54, 1.807) is 0 Å². The zero-order chi connectivity index (χ0) is 13.8. The third kappa shape index (κ3) is 2.51. The molecule has 0 fully saturated rings. The second-order valence-corrected chi connectivity index (χ2v) is 4.56. The van der Waals surface area contributed by atoms with Crippen LogP contribution in [0, 0.1) is 0 Å². The van der Waals surface area contributed by atoms with E-state index < -0.39 is 0 Å². The molecule has 0 aliphatic heterocycles. The minimum absolute atomic E-state index is 0.457. The molecule has 4 nitrogen and oxygen atoms in total. The van der Waals surface area contributed by atoms with E-state index in [2.05, 4.69) is 20.8 Å². The first-order valence-electron chi connectivity index (χ1n) is 6.66. The highest BCUT2D eigenvalue weighted by Crippen LogP contribution is 2.16. The zero-order valence-electron chi connectivity index (χ0n) is 11.4. The number of hydrogen-bond donors (Lipinski definition) is 1. The predicted octanol–water partition coefficient (Wildman–Crippen LogP) is 2.63. The highest BCUT2D eigenvalue weighted by molar-refractivity contribution is 5.53. The Balaban J connectivity index is 1.87. The Kier molecular flexibility index (Phi) is 3.65. The maximum Gasteiger partial charge on any atom is 0.151 e. The molecule has 0 unspecified atom stereocenters. The molecule has 0 spiro atoms. The van der Waals surface area contributed by atoms with Crippen molar-refractivity contribution in [2.45, 2.75) is 13.2 Å². The van der Waals surface area contributed by atoms with Gasteiger partial charge in [-0.2, -0.15) is 0 Å². The topological polar surface area (TPSA) is 38.6 Å². The lowest BCUT2D eigenvalue weighted by Gasteiger charge is -2.04. The van der Waals surface area contributed by atoms with Crippen molar-refractivity contribution in [2.75, 3.05) is 7.05 Å². The van der Waals surface area contributed by atoms with Crippen molar-refractivity contribution in [3.05, 3.63) is 66.2 Å². The van der Waals surface area contributed by atoms with Gasteiger partial charge in [0, 0.05) is 12.7 Å². The molecule has 102 valence electrons. The summed E-state index contributed by atoms with van der Waals surface area (Å²) in [5.74, 6) is 1.77. The van der Waals surface area contributed by atoms with Crippen molar-refractivity contribution < 1.29 is 4.74 Å². The van der Waals surface area contributed by atoms with Gasteiger partial charge in [0.1, 0.15) is 12.4 Å². The van der Waals surface area contributed by atoms with E-state index in [0.717, 1.165) is 29.3 Å². The Morgan fingerprint density at radius 2 is 1.90 bits per heavy atom. The van der Waals surface area contributed by atoms with Crippen LogP contribution in [0.25, 0.3) is 5.52 Å². The van der Waals surface area contributed by atoms with Gasteiger partial charge in [0.05, 0.1) is 11.2 Å². The summed E-state index contributed by atoms with van der Waals surface area (Å²) in [6, 6.07) is 15.9. The summed E-state index contributed by atoms with van der Waals surface area (Å²) < 4.78 is 7.87. The number of nitrogens with one attached hydrogen (secondary N) is 1. The van der Waals surface area contributed by atoms with Crippen LogP contribution in [-0.2, 0) is 13.2 Å². The van der Waals surface area contributed by atoms with E-state index in [-0.39, 0.29) is 0 Å². The summed E-state index contributed by atoms with van der Waals surface area (Å²) in [6.07, 6.45) is 2.02. The summed E-state index contributed by atoms with van der Waals surface area (Å²) in [5, 5.41) is 3.15. The normalized spacial score (nSPS) is 10.8. The minimum atomic E-state index is 0.457. The molecule has 0 aliphatic carbocycles. The number of para-hydroxylation sites is 1. The van der Waals surface area contributed by atoms with Gasteiger partial charge >= 0.3 is 0 Å². The average molecular weight is 267 g/mol. The van der Waals surface area contributed by atoms with Crippen LogP contribution >= 0.6 is 0 Å². The summed E-state index contributed by atoms with van der Waals surface area (Å²) in [7, 11) is 1.92. The Morgan fingerprint density at radius 3 is 2.70 bits per heavy atom. The standard InChI is InChI=1S/C16H17N3O/c1-17-11-14-15-9-5-6-10-19(15)16(18-14)12-20-13-7-3-2-4-8-13/h2-10,17H,11-12H2,1H3. The summed E-state index contributed by atoms with van der Waals surface area (Å²) in [5.41, 5.74) is 2.16. The highest BCUT2D eigenvalue weighted by Gasteiger charge is 2.10. The maximum absolute atomic E-state index is 5.79. The molecule has 0 bridgehead atoms. The molecule has 0 amide bonds. The molecule has 0 radical (unpaired) electrons. The number of pyridine rings is 1. The van der Waals surface area contributed by atoms with Crippen molar-refractivity contribution in [3.8, 4) is 5.75 Å². The van der Waals surface area contributed by atoms with Crippen molar-refractivity contribution in [1.82, 2.24) is 14.7 Å². The Morgan fingerprint density at radius 1 is 1.10 bits per heavy atom. The Bertz CT molecular complexity index is 691. The predicted molar refractivity (Wildman–Crippen MR) is 78.7 cm³/mol. The van der Waals surface area contributed by atoms with E-state index >= 15 is 0 Å². The Labute approximate surface area is 118 Å². The lowest BCUT2D eigenvalue weighted by atomic mass is 10.3. The third-order valence-electron chi connectivity index (χ3n) is 3.15. The fourth-order valence-corrected chi connectivity index (χ4v) is 2.23. The molecule has 2 aromatic heterocycles. The number of ether oxygens (including phenoxy) is 1. The van der Waals surface area contributed by atoms with Gasteiger partial charge in [-0.15, -0.1) is 0 Å². The van der Waals surface area contributed by atoms with Crippen LogP contribution in [-0.4, -0.2) is 16.4 Å². The van der Waals surface area contributed by atoms with Crippen molar-refractivity contribution in [2.24, 2.45) is 0 Å². The van der Waals surface area contributed by atoms with Gasteiger partial charge < -0.3 is 14.5 Å². The molecule has 2 heterocycles. The number of nitrogens with zero attached hydrogens (tertiary/aromatic N) is 2. The SMILES string of the molecule is CNCc1nc(COc2ccccc2)n2ccccc12. The van der Waals surface area contributed by atoms with Gasteiger partial charge in [-0.1, -0.05) is 24.3 Å². The second kappa shape index (κ2) is 5.75. The molecule has 4 heteroatoms. The maximum atomic E-state index is 5.79. The van der Waals surface area contributed by atoms with Gasteiger partial charge in [-0.05, 0) is 31.3 Å². The highest BCUT2D eigenvalue weighted by atomic mass is 16.5. The second-order valence-electron chi connectivity index (χ2n) is 4.56.